The summed E-state index contributed by atoms with van der Waals surface area (Å²) in [4.78, 5) is 0. The van der Waals surface area contributed by atoms with Crippen molar-refractivity contribution in [1.29, 1.82) is 0 Å². The molecule has 3 rings (SSSR count). The lowest BCUT2D eigenvalue weighted by atomic mass is 9.73. The third kappa shape index (κ3) is 2.97. The summed E-state index contributed by atoms with van der Waals surface area (Å²) >= 11 is 5.78. The van der Waals surface area contributed by atoms with E-state index in [9.17, 15) is 9.50 Å². The van der Waals surface area contributed by atoms with E-state index in [2.05, 4.69) is 12.1 Å². The summed E-state index contributed by atoms with van der Waals surface area (Å²) in [6.45, 7) is 0. The first-order chi connectivity index (χ1) is 10.1. The van der Waals surface area contributed by atoms with Gasteiger partial charge in [0, 0.05) is 10.6 Å². The van der Waals surface area contributed by atoms with Crippen LogP contribution in [0.2, 0.25) is 5.02 Å². The number of hydrogen-bond donors (Lipinski definition) is 1. The monoisotopic (exact) mass is 304 g/mol. The Kier molecular flexibility index (Phi) is 4.01. The lowest BCUT2D eigenvalue weighted by Crippen LogP contribution is -2.31. The van der Waals surface area contributed by atoms with Crippen LogP contribution >= 0.6 is 11.6 Å². The van der Waals surface area contributed by atoms with E-state index in [1.165, 1.54) is 11.6 Å². The van der Waals surface area contributed by atoms with Gasteiger partial charge in [0.05, 0.1) is 5.60 Å². The van der Waals surface area contributed by atoms with Gasteiger partial charge in [-0.05, 0) is 49.3 Å². The first kappa shape index (κ1) is 14.6. The topological polar surface area (TPSA) is 20.2 Å². The van der Waals surface area contributed by atoms with E-state index in [-0.39, 0.29) is 0 Å². The Morgan fingerprint density at radius 1 is 1.05 bits per heavy atom. The first-order valence-electron chi connectivity index (χ1n) is 7.31. The lowest BCUT2D eigenvalue weighted by Gasteiger charge is -2.36. The molecule has 1 aliphatic carbocycles. The van der Waals surface area contributed by atoms with E-state index >= 15 is 0 Å². The van der Waals surface area contributed by atoms with Gasteiger partial charge in [0.15, 0.2) is 0 Å². The van der Waals surface area contributed by atoms with Crippen molar-refractivity contribution in [1.82, 2.24) is 0 Å². The van der Waals surface area contributed by atoms with Crippen LogP contribution in [-0.4, -0.2) is 5.11 Å². The van der Waals surface area contributed by atoms with Gasteiger partial charge in [-0.25, -0.2) is 4.39 Å². The molecule has 0 aromatic heterocycles. The van der Waals surface area contributed by atoms with Crippen molar-refractivity contribution in [3.05, 3.63) is 70.5 Å². The fourth-order valence-electron chi connectivity index (χ4n) is 3.29. The van der Waals surface area contributed by atoms with Crippen molar-refractivity contribution in [2.24, 2.45) is 0 Å². The highest BCUT2D eigenvalue weighted by Gasteiger charge is 2.37. The molecule has 1 saturated carbocycles. The Morgan fingerprint density at radius 3 is 2.33 bits per heavy atom. The van der Waals surface area contributed by atoms with Crippen LogP contribution in [-0.2, 0) is 5.60 Å². The molecule has 1 aliphatic rings. The van der Waals surface area contributed by atoms with Gasteiger partial charge in [0.2, 0.25) is 0 Å². The Morgan fingerprint density at radius 2 is 1.71 bits per heavy atom. The number of rotatable bonds is 2. The number of halogens is 2. The molecule has 0 spiro atoms. The van der Waals surface area contributed by atoms with Crippen molar-refractivity contribution < 1.29 is 9.50 Å². The van der Waals surface area contributed by atoms with Crippen molar-refractivity contribution in [2.45, 2.75) is 37.2 Å². The van der Waals surface area contributed by atoms with Crippen LogP contribution in [0, 0.1) is 5.82 Å². The Balaban J connectivity index is 1.78. The number of benzene rings is 2. The zero-order valence-corrected chi connectivity index (χ0v) is 12.5. The molecule has 1 fully saturated rings. The van der Waals surface area contributed by atoms with Gasteiger partial charge in [0.25, 0.3) is 0 Å². The van der Waals surface area contributed by atoms with Gasteiger partial charge in [-0.3, -0.25) is 0 Å². The smallest absolute Gasteiger partial charge is 0.130 e. The molecular weight excluding hydrogens is 287 g/mol. The predicted molar refractivity (Wildman–Crippen MR) is 83.0 cm³/mol. The highest BCUT2D eigenvalue weighted by molar-refractivity contribution is 6.30. The maximum atomic E-state index is 14.1. The Labute approximate surface area is 129 Å². The Bertz CT molecular complexity index is 618. The van der Waals surface area contributed by atoms with E-state index in [4.69, 9.17) is 11.6 Å². The molecule has 0 radical (unpaired) electrons. The van der Waals surface area contributed by atoms with E-state index in [1.54, 1.807) is 12.1 Å². The second kappa shape index (κ2) is 5.78. The minimum absolute atomic E-state index is 0.359. The summed E-state index contributed by atoms with van der Waals surface area (Å²) in [6.07, 6.45) is 2.88. The molecule has 3 heteroatoms. The second-order valence-corrected chi connectivity index (χ2v) is 6.28. The summed E-state index contributed by atoms with van der Waals surface area (Å²) in [5, 5.41) is 11.2. The highest BCUT2D eigenvalue weighted by Crippen LogP contribution is 2.44. The summed E-state index contributed by atoms with van der Waals surface area (Å²) < 4.78 is 14.1. The molecule has 110 valence electrons. The van der Waals surface area contributed by atoms with Gasteiger partial charge < -0.3 is 5.11 Å². The molecule has 0 heterocycles. The molecule has 0 amide bonds. The van der Waals surface area contributed by atoms with Gasteiger partial charge in [0.1, 0.15) is 5.82 Å². The fourth-order valence-corrected chi connectivity index (χ4v) is 3.45. The van der Waals surface area contributed by atoms with Crippen LogP contribution in [0.15, 0.2) is 48.5 Å². The van der Waals surface area contributed by atoms with Crippen molar-refractivity contribution in [3.63, 3.8) is 0 Å². The highest BCUT2D eigenvalue weighted by atomic mass is 35.5. The standard InChI is InChI=1S/C18H18ClFO/c19-15-6-7-16(17(20)12-15)18(21)10-8-14(9-11-18)13-4-2-1-3-5-13/h1-7,12,14,21H,8-11H2. The van der Waals surface area contributed by atoms with Crippen LogP contribution in [0.25, 0.3) is 0 Å². The molecule has 2 aromatic rings. The molecule has 0 unspecified atom stereocenters. The van der Waals surface area contributed by atoms with Crippen molar-refractivity contribution in [2.75, 3.05) is 0 Å². The molecule has 1 N–H and O–H groups in total. The maximum Gasteiger partial charge on any atom is 0.130 e. The number of aliphatic hydroxyl groups is 1. The first-order valence-corrected chi connectivity index (χ1v) is 7.69. The normalized spacial score (nSPS) is 25.8. The zero-order valence-electron chi connectivity index (χ0n) is 11.7. The van der Waals surface area contributed by atoms with Gasteiger partial charge >= 0.3 is 0 Å². The van der Waals surface area contributed by atoms with Gasteiger partial charge in [-0.1, -0.05) is 48.0 Å². The van der Waals surface area contributed by atoms with Crippen LogP contribution in [0.1, 0.15) is 42.7 Å². The van der Waals surface area contributed by atoms with Crippen molar-refractivity contribution >= 4 is 11.6 Å². The Hall–Kier alpha value is -1.38. The van der Waals surface area contributed by atoms with Crippen LogP contribution in [0.5, 0.6) is 0 Å². The summed E-state index contributed by atoms with van der Waals surface area (Å²) in [5.41, 5.74) is 0.606. The molecule has 0 saturated heterocycles. The van der Waals surface area contributed by atoms with E-state index in [0.717, 1.165) is 12.8 Å². The molecule has 1 nitrogen and oxygen atoms in total. The third-order valence-corrected chi connectivity index (χ3v) is 4.75. The average molecular weight is 305 g/mol. The number of hydrogen-bond acceptors (Lipinski definition) is 1. The van der Waals surface area contributed by atoms with Crippen LogP contribution in [0.4, 0.5) is 4.39 Å². The zero-order chi connectivity index (χ0) is 14.9. The second-order valence-electron chi connectivity index (χ2n) is 5.84. The molecule has 0 bridgehead atoms. The predicted octanol–water partition coefficient (Wildman–Crippen LogP) is 5.02. The largest absolute Gasteiger partial charge is 0.385 e. The van der Waals surface area contributed by atoms with Crippen molar-refractivity contribution in [3.8, 4) is 0 Å². The van der Waals surface area contributed by atoms with Crippen LogP contribution in [0.3, 0.4) is 0 Å². The minimum atomic E-state index is -1.07. The quantitative estimate of drug-likeness (QED) is 0.825. The van der Waals surface area contributed by atoms with E-state index in [1.807, 2.05) is 18.2 Å². The van der Waals surface area contributed by atoms with Gasteiger partial charge in [-0.2, -0.15) is 0 Å². The maximum absolute atomic E-state index is 14.1. The van der Waals surface area contributed by atoms with E-state index < -0.39 is 11.4 Å². The average Bonchev–Trinajstić information content (AvgIpc) is 2.48. The minimum Gasteiger partial charge on any atom is -0.385 e. The summed E-state index contributed by atoms with van der Waals surface area (Å²) in [5.74, 6) is 0.0324. The summed E-state index contributed by atoms with van der Waals surface area (Å²) in [6, 6.07) is 14.9. The molecular formula is C18H18ClFO. The van der Waals surface area contributed by atoms with Gasteiger partial charge in [-0.15, -0.1) is 0 Å². The summed E-state index contributed by atoms with van der Waals surface area (Å²) in [7, 11) is 0. The van der Waals surface area contributed by atoms with E-state index in [0.29, 0.717) is 29.3 Å². The fraction of sp³-hybridized carbons (Fsp3) is 0.333. The third-order valence-electron chi connectivity index (χ3n) is 4.52. The molecule has 0 atom stereocenters. The SMILES string of the molecule is OC1(c2ccc(Cl)cc2F)CCC(c2ccccc2)CC1. The molecule has 2 aromatic carbocycles. The molecule has 21 heavy (non-hydrogen) atoms. The molecule has 0 aliphatic heterocycles. The lowest BCUT2D eigenvalue weighted by molar-refractivity contribution is -0.00867. The van der Waals surface area contributed by atoms with Crippen LogP contribution < -0.4 is 0 Å².